The highest BCUT2D eigenvalue weighted by molar-refractivity contribution is 6.13. The van der Waals surface area contributed by atoms with Crippen LogP contribution in [0.4, 0.5) is 5.69 Å². The number of hydrogen-bond acceptors (Lipinski definition) is 4. The molecule has 0 saturated carbocycles. The molecule has 0 saturated heterocycles. The van der Waals surface area contributed by atoms with Crippen molar-refractivity contribution in [2.45, 2.75) is 20.4 Å². The van der Waals surface area contributed by atoms with E-state index in [1.54, 1.807) is 29.1 Å². The summed E-state index contributed by atoms with van der Waals surface area (Å²) >= 11 is 0. The van der Waals surface area contributed by atoms with Gasteiger partial charge in [0, 0.05) is 12.1 Å². The number of aryl methyl sites for hydroxylation is 2. The fourth-order valence-electron chi connectivity index (χ4n) is 3.16. The quantitative estimate of drug-likeness (QED) is 0.521. The number of anilines is 1. The van der Waals surface area contributed by atoms with E-state index in [0.29, 0.717) is 34.5 Å². The lowest BCUT2D eigenvalue weighted by Crippen LogP contribution is -2.13. The third kappa shape index (κ3) is 3.20. The van der Waals surface area contributed by atoms with E-state index in [1.165, 1.54) is 0 Å². The highest BCUT2D eigenvalue weighted by Crippen LogP contribution is 2.28. The maximum Gasteiger partial charge on any atom is 0.256 e. The number of aromatic nitrogens is 3. The van der Waals surface area contributed by atoms with Crippen LogP contribution in [0.5, 0.6) is 5.75 Å². The predicted octanol–water partition coefficient (Wildman–Crippen LogP) is 4.38. The van der Waals surface area contributed by atoms with Crippen LogP contribution >= 0.6 is 0 Å². The van der Waals surface area contributed by atoms with Crippen molar-refractivity contribution in [3.05, 3.63) is 71.9 Å². The number of phenolic OH excluding ortho intramolecular Hbond substituents is 1. The fourth-order valence-corrected chi connectivity index (χ4v) is 3.16. The molecule has 0 aliphatic heterocycles. The van der Waals surface area contributed by atoms with Gasteiger partial charge in [-0.2, -0.15) is 5.10 Å². The van der Waals surface area contributed by atoms with Crippen molar-refractivity contribution in [1.29, 1.82) is 0 Å². The maximum absolute atomic E-state index is 13.1. The Morgan fingerprint density at radius 3 is 2.64 bits per heavy atom. The molecular formula is C22H20N4O2. The van der Waals surface area contributed by atoms with Crippen molar-refractivity contribution in [2.24, 2.45) is 0 Å². The molecule has 0 aliphatic carbocycles. The zero-order valence-corrected chi connectivity index (χ0v) is 15.7. The largest absolute Gasteiger partial charge is 0.506 e. The number of aromatic hydroxyl groups is 1. The Morgan fingerprint density at radius 2 is 1.93 bits per heavy atom. The number of carbonyl (C=O) groups excluding carboxylic acids is 1. The molecule has 1 amide bonds. The highest BCUT2D eigenvalue weighted by Gasteiger charge is 2.18. The highest BCUT2D eigenvalue weighted by atomic mass is 16.3. The number of benzene rings is 2. The third-order valence-electron chi connectivity index (χ3n) is 4.62. The summed E-state index contributed by atoms with van der Waals surface area (Å²) in [6.07, 6.45) is 1.66. The molecule has 0 fully saturated rings. The third-order valence-corrected chi connectivity index (χ3v) is 4.62. The minimum Gasteiger partial charge on any atom is -0.506 e. The van der Waals surface area contributed by atoms with Crippen LogP contribution < -0.4 is 5.32 Å². The molecule has 2 N–H and O–H groups in total. The van der Waals surface area contributed by atoms with E-state index in [4.69, 9.17) is 4.98 Å². The zero-order chi connectivity index (χ0) is 19.7. The summed E-state index contributed by atoms with van der Waals surface area (Å²) < 4.78 is 1.77. The first kappa shape index (κ1) is 17.7. The molecule has 0 radical (unpaired) electrons. The van der Waals surface area contributed by atoms with Gasteiger partial charge in [0.05, 0.1) is 28.5 Å². The van der Waals surface area contributed by atoms with Gasteiger partial charge in [0.15, 0.2) is 5.65 Å². The van der Waals surface area contributed by atoms with Crippen LogP contribution in [0, 0.1) is 6.92 Å². The minimum absolute atomic E-state index is 0.0335. The second-order valence-corrected chi connectivity index (χ2v) is 6.59. The summed E-state index contributed by atoms with van der Waals surface area (Å²) in [4.78, 5) is 17.8. The first-order valence-electron chi connectivity index (χ1n) is 9.09. The van der Waals surface area contributed by atoms with E-state index < -0.39 is 0 Å². The topological polar surface area (TPSA) is 80.0 Å². The average molecular weight is 372 g/mol. The summed E-state index contributed by atoms with van der Waals surface area (Å²) in [6.45, 7) is 4.50. The number of hydrogen-bond donors (Lipinski definition) is 2. The van der Waals surface area contributed by atoms with E-state index in [0.717, 1.165) is 11.1 Å². The molecule has 2 aromatic carbocycles. The molecule has 0 aliphatic rings. The first-order chi connectivity index (χ1) is 13.6. The number of pyridine rings is 1. The molecule has 0 atom stereocenters. The lowest BCUT2D eigenvalue weighted by molar-refractivity contribution is 0.102. The average Bonchev–Trinajstić information content (AvgIpc) is 3.13. The van der Waals surface area contributed by atoms with Gasteiger partial charge in [-0.15, -0.1) is 0 Å². The Kier molecular flexibility index (Phi) is 4.53. The molecule has 0 spiro atoms. The van der Waals surface area contributed by atoms with Crippen molar-refractivity contribution in [3.63, 3.8) is 0 Å². The second kappa shape index (κ2) is 7.15. The zero-order valence-electron chi connectivity index (χ0n) is 15.7. The summed E-state index contributed by atoms with van der Waals surface area (Å²) in [6, 6.07) is 16.6. The summed E-state index contributed by atoms with van der Waals surface area (Å²) in [5.74, 6) is -0.287. The number of amides is 1. The van der Waals surface area contributed by atoms with Gasteiger partial charge in [0.25, 0.3) is 5.91 Å². The smallest absolute Gasteiger partial charge is 0.256 e. The second-order valence-electron chi connectivity index (χ2n) is 6.59. The molecule has 6 heteroatoms. The van der Waals surface area contributed by atoms with E-state index in [1.807, 2.05) is 50.2 Å². The Morgan fingerprint density at radius 1 is 1.14 bits per heavy atom. The molecule has 4 rings (SSSR count). The molecular weight excluding hydrogens is 352 g/mol. The molecule has 2 aromatic heterocycles. The predicted molar refractivity (Wildman–Crippen MR) is 109 cm³/mol. The molecule has 2 heterocycles. The maximum atomic E-state index is 13.1. The van der Waals surface area contributed by atoms with Gasteiger partial charge >= 0.3 is 0 Å². The molecule has 28 heavy (non-hydrogen) atoms. The number of nitrogens with one attached hydrogen (secondary N) is 1. The van der Waals surface area contributed by atoms with Crippen molar-refractivity contribution in [1.82, 2.24) is 14.8 Å². The Balaban J connectivity index is 1.82. The monoisotopic (exact) mass is 372 g/mol. The van der Waals surface area contributed by atoms with Gasteiger partial charge in [-0.05, 0) is 37.6 Å². The van der Waals surface area contributed by atoms with Crippen molar-refractivity contribution in [2.75, 3.05) is 5.32 Å². The van der Waals surface area contributed by atoms with Gasteiger partial charge in [-0.25, -0.2) is 9.67 Å². The number of fused-ring (bicyclic) bond motifs is 1. The van der Waals surface area contributed by atoms with Crippen LogP contribution in [0.2, 0.25) is 0 Å². The van der Waals surface area contributed by atoms with Crippen molar-refractivity contribution < 1.29 is 9.90 Å². The van der Waals surface area contributed by atoms with Crippen molar-refractivity contribution in [3.8, 4) is 17.0 Å². The SMILES string of the molecule is CCn1ncc2c(C(=O)Nc3ccc(C)cc3O)cc(-c3ccccc3)nc21. The molecule has 4 aromatic rings. The lowest BCUT2D eigenvalue weighted by atomic mass is 10.1. The Bertz CT molecular complexity index is 1170. The first-order valence-corrected chi connectivity index (χ1v) is 9.09. The molecule has 0 unspecified atom stereocenters. The number of carbonyl (C=O) groups is 1. The standard InChI is InChI=1S/C22H20N4O2/c1-3-26-21-17(13-23-26)16(12-19(24-21)15-7-5-4-6-8-15)22(28)25-18-10-9-14(2)11-20(18)27/h4-13,27H,3H2,1-2H3,(H,25,28). The molecule has 140 valence electrons. The normalized spacial score (nSPS) is 10.9. The van der Waals surface area contributed by atoms with Crippen molar-refractivity contribution >= 4 is 22.6 Å². The number of phenols is 1. The fraction of sp³-hybridized carbons (Fsp3) is 0.136. The number of rotatable bonds is 4. The molecule has 0 bridgehead atoms. The van der Waals surface area contributed by atoms with E-state index in [9.17, 15) is 9.90 Å². The van der Waals surface area contributed by atoms with E-state index in [-0.39, 0.29) is 11.7 Å². The minimum atomic E-state index is -0.320. The van der Waals surface area contributed by atoms with Gasteiger partial charge in [-0.3, -0.25) is 4.79 Å². The van der Waals surface area contributed by atoms with Crippen LogP contribution in [-0.4, -0.2) is 25.8 Å². The van der Waals surface area contributed by atoms with Crippen LogP contribution in [0.1, 0.15) is 22.8 Å². The Hall–Kier alpha value is -3.67. The Labute approximate surface area is 162 Å². The van der Waals surface area contributed by atoms with Gasteiger partial charge < -0.3 is 10.4 Å². The van der Waals surface area contributed by atoms with Crippen LogP contribution in [0.15, 0.2) is 60.8 Å². The van der Waals surface area contributed by atoms with Crippen LogP contribution in [0.3, 0.4) is 0 Å². The molecule has 6 nitrogen and oxygen atoms in total. The van der Waals surface area contributed by atoms with E-state index in [2.05, 4.69) is 10.4 Å². The van der Waals surface area contributed by atoms with Crippen LogP contribution in [-0.2, 0) is 6.54 Å². The lowest BCUT2D eigenvalue weighted by Gasteiger charge is -2.11. The van der Waals surface area contributed by atoms with Gasteiger partial charge in [0.1, 0.15) is 5.75 Å². The van der Waals surface area contributed by atoms with E-state index >= 15 is 0 Å². The number of nitrogens with zero attached hydrogens (tertiary/aromatic N) is 3. The van der Waals surface area contributed by atoms with Gasteiger partial charge in [-0.1, -0.05) is 36.4 Å². The summed E-state index contributed by atoms with van der Waals surface area (Å²) in [5, 5.41) is 18.0. The van der Waals surface area contributed by atoms with Crippen LogP contribution in [0.25, 0.3) is 22.3 Å². The summed E-state index contributed by atoms with van der Waals surface area (Å²) in [5.41, 5.74) is 4.01. The van der Waals surface area contributed by atoms with Gasteiger partial charge in [0.2, 0.25) is 0 Å². The summed E-state index contributed by atoms with van der Waals surface area (Å²) in [7, 11) is 0.